The molecule has 2 aliphatic heterocycles. The Balaban J connectivity index is 1.38. The molecule has 1 atom stereocenters. The minimum atomic E-state index is -3.03. The fraction of sp³-hybridized carbons (Fsp3) is 0.304. The molecular formula is C23H22F2N4O6. The summed E-state index contributed by atoms with van der Waals surface area (Å²) in [5.74, 6) is -1.36. The molecule has 184 valence electrons. The highest BCUT2D eigenvalue weighted by atomic mass is 19.3. The first-order chi connectivity index (χ1) is 16.7. The highest BCUT2D eigenvalue weighted by molar-refractivity contribution is 6.05. The zero-order valence-corrected chi connectivity index (χ0v) is 18.4. The molecule has 4 rings (SSSR count). The summed E-state index contributed by atoms with van der Waals surface area (Å²) >= 11 is 0. The number of piperidine rings is 1. The van der Waals surface area contributed by atoms with Crippen LogP contribution in [0.2, 0.25) is 0 Å². The number of carbonyl (C=O) groups is 4. The van der Waals surface area contributed by atoms with Crippen molar-refractivity contribution in [1.82, 2.24) is 10.2 Å². The van der Waals surface area contributed by atoms with Crippen molar-refractivity contribution >= 4 is 29.5 Å². The average Bonchev–Trinajstić information content (AvgIpc) is 3.12. The lowest BCUT2D eigenvalue weighted by Crippen LogP contribution is -2.52. The number of hydrogen-bond acceptors (Lipinski definition) is 7. The molecule has 12 heteroatoms. The molecule has 0 aromatic heterocycles. The van der Waals surface area contributed by atoms with Crippen LogP contribution in [0.1, 0.15) is 39.9 Å². The van der Waals surface area contributed by atoms with Crippen molar-refractivity contribution in [2.45, 2.75) is 45.2 Å². The molecule has 1 saturated heterocycles. The lowest BCUT2D eigenvalue weighted by molar-refractivity contribution is -0.136. The first kappa shape index (κ1) is 24.1. The molecule has 4 N–H and O–H groups in total. The van der Waals surface area contributed by atoms with E-state index in [-0.39, 0.29) is 55.8 Å². The third kappa shape index (κ3) is 5.54. The number of alkyl halides is 2. The van der Waals surface area contributed by atoms with Gasteiger partial charge in [-0.1, -0.05) is 12.1 Å². The summed E-state index contributed by atoms with van der Waals surface area (Å²) in [5, 5.41) is 4.68. The second-order valence-corrected chi connectivity index (χ2v) is 8.04. The SMILES string of the molecule is NCc1cc(NC(=O)OCc2ccc3c(c2)C(=O)N(C2CCC(=O)NC2=O)C3)cc(OC(F)F)c1. The number of ether oxygens (including phenoxy) is 2. The van der Waals surface area contributed by atoms with Crippen LogP contribution in [0.4, 0.5) is 19.3 Å². The summed E-state index contributed by atoms with van der Waals surface area (Å²) in [5.41, 5.74) is 7.84. The molecule has 1 fully saturated rings. The van der Waals surface area contributed by atoms with Gasteiger partial charge in [0, 0.05) is 36.8 Å². The normalized spacial score (nSPS) is 17.3. The van der Waals surface area contributed by atoms with E-state index in [1.54, 1.807) is 18.2 Å². The van der Waals surface area contributed by atoms with Crippen molar-refractivity contribution in [3.05, 3.63) is 58.7 Å². The highest BCUT2D eigenvalue weighted by Gasteiger charge is 2.39. The van der Waals surface area contributed by atoms with E-state index in [4.69, 9.17) is 10.5 Å². The number of hydrogen-bond donors (Lipinski definition) is 3. The minimum Gasteiger partial charge on any atom is -0.444 e. The van der Waals surface area contributed by atoms with Gasteiger partial charge in [-0.15, -0.1) is 0 Å². The van der Waals surface area contributed by atoms with E-state index in [9.17, 15) is 28.0 Å². The lowest BCUT2D eigenvalue weighted by atomic mass is 10.0. The van der Waals surface area contributed by atoms with Crippen LogP contribution >= 0.6 is 0 Å². The number of benzene rings is 2. The second kappa shape index (κ2) is 10.1. The number of rotatable bonds is 7. The fourth-order valence-electron chi connectivity index (χ4n) is 4.02. The number of carbonyl (C=O) groups excluding carboxylic acids is 4. The maximum Gasteiger partial charge on any atom is 0.411 e. The zero-order valence-electron chi connectivity index (χ0n) is 18.4. The third-order valence-electron chi connectivity index (χ3n) is 5.64. The molecule has 0 bridgehead atoms. The van der Waals surface area contributed by atoms with Crippen LogP contribution in [0.25, 0.3) is 0 Å². The van der Waals surface area contributed by atoms with Crippen molar-refractivity contribution in [3.8, 4) is 5.75 Å². The maximum absolute atomic E-state index is 12.9. The summed E-state index contributed by atoms with van der Waals surface area (Å²) in [7, 11) is 0. The first-order valence-corrected chi connectivity index (χ1v) is 10.7. The van der Waals surface area contributed by atoms with Gasteiger partial charge < -0.3 is 20.1 Å². The molecule has 4 amide bonds. The Bertz CT molecular complexity index is 1190. The van der Waals surface area contributed by atoms with Crippen LogP contribution in [0, 0.1) is 0 Å². The van der Waals surface area contributed by atoms with Gasteiger partial charge in [-0.25, -0.2) is 4.79 Å². The van der Waals surface area contributed by atoms with Gasteiger partial charge in [-0.3, -0.25) is 25.0 Å². The Labute approximate surface area is 198 Å². The summed E-state index contributed by atoms with van der Waals surface area (Å²) in [6, 6.07) is 8.32. The molecule has 0 aliphatic carbocycles. The zero-order chi connectivity index (χ0) is 25.1. The van der Waals surface area contributed by atoms with Gasteiger partial charge in [-0.05, 0) is 41.3 Å². The van der Waals surface area contributed by atoms with Gasteiger partial charge in [0.25, 0.3) is 5.91 Å². The van der Waals surface area contributed by atoms with Crippen molar-refractivity contribution < 1.29 is 37.4 Å². The number of imide groups is 1. The van der Waals surface area contributed by atoms with E-state index in [1.807, 2.05) is 0 Å². The van der Waals surface area contributed by atoms with Crippen LogP contribution in [-0.4, -0.2) is 41.4 Å². The van der Waals surface area contributed by atoms with Crippen LogP contribution in [0.3, 0.4) is 0 Å². The largest absolute Gasteiger partial charge is 0.444 e. The Kier molecular flexibility index (Phi) is 6.92. The number of nitrogens with zero attached hydrogens (tertiary/aromatic N) is 1. The van der Waals surface area contributed by atoms with Crippen LogP contribution in [-0.2, 0) is 34.0 Å². The van der Waals surface area contributed by atoms with E-state index in [0.29, 0.717) is 16.7 Å². The predicted octanol–water partition coefficient (Wildman–Crippen LogP) is 2.26. The Morgan fingerprint density at radius 3 is 2.69 bits per heavy atom. The van der Waals surface area contributed by atoms with Gasteiger partial charge in [0.05, 0.1) is 0 Å². The highest BCUT2D eigenvalue weighted by Crippen LogP contribution is 2.28. The predicted molar refractivity (Wildman–Crippen MR) is 117 cm³/mol. The molecular weight excluding hydrogens is 466 g/mol. The number of halogens is 2. The van der Waals surface area contributed by atoms with Gasteiger partial charge >= 0.3 is 12.7 Å². The van der Waals surface area contributed by atoms with Crippen molar-refractivity contribution in [3.63, 3.8) is 0 Å². The quantitative estimate of drug-likeness (QED) is 0.508. The molecule has 1 unspecified atom stereocenters. The van der Waals surface area contributed by atoms with Crippen LogP contribution in [0.15, 0.2) is 36.4 Å². The smallest absolute Gasteiger partial charge is 0.411 e. The number of fused-ring (bicyclic) bond motifs is 1. The summed E-state index contributed by atoms with van der Waals surface area (Å²) in [6.07, 6.45) is -0.427. The minimum absolute atomic E-state index is 0.0448. The molecule has 10 nitrogen and oxygen atoms in total. The number of anilines is 1. The maximum atomic E-state index is 12.9. The number of amides is 4. The summed E-state index contributed by atoms with van der Waals surface area (Å²) in [6.45, 7) is -2.91. The van der Waals surface area contributed by atoms with Gasteiger partial charge in [-0.2, -0.15) is 8.78 Å². The van der Waals surface area contributed by atoms with Gasteiger partial charge in [0.15, 0.2) is 0 Å². The third-order valence-corrected chi connectivity index (χ3v) is 5.64. The molecule has 2 heterocycles. The van der Waals surface area contributed by atoms with Crippen molar-refractivity contribution in [1.29, 1.82) is 0 Å². The van der Waals surface area contributed by atoms with Crippen molar-refractivity contribution in [2.24, 2.45) is 5.73 Å². The van der Waals surface area contributed by atoms with E-state index >= 15 is 0 Å². The Morgan fingerprint density at radius 1 is 1.17 bits per heavy atom. The fourth-order valence-corrected chi connectivity index (χ4v) is 4.02. The van der Waals surface area contributed by atoms with E-state index in [2.05, 4.69) is 15.4 Å². The lowest BCUT2D eigenvalue weighted by Gasteiger charge is -2.29. The Morgan fingerprint density at radius 2 is 1.97 bits per heavy atom. The standard InChI is InChI=1S/C23H22F2N4O6/c24-22(25)35-16-6-13(9-26)5-15(8-16)27-23(33)34-11-12-1-2-14-10-29(21(32)17(14)7-12)18-3-4-19(30)28-20(18)31/h1-2,5-8,18,22H,3-4,9-11,26H2,(H,27,33)(H,28,30,31). The van der Waals surface area contributed by atoms with Crippen molar-refractivity contribution in [2.75, 3.05) is 5.32 Å². The topological polar surface area (TPSA) is 140 Å². The molecule has 2 aromatic carbocycles. The monoisotopic (exact) mass is 488 g/mol. The van der Waals surface area contributed by atoms with E-state index in [0.717, 1.165) is 5.56 Å². The molecule has 0 spiro atoms. The van der Waals surface area contributed by atoms with Crippen LogP contribution in [0.5, 0.6) is 5.75 Å². The second-order valence-electron chi connectivity index (χ2n) is 8.04. The average molecular weight is 488 g/mol. The summed E-state index contributed by atoms with van der Waals surface area (Å²) < 4.78 is 34.6. The molecule has 0 saturated carbocycles. The molecule has 0 radical (unpaired) electrons. The van der Waals surface area contributed by atoms with Crippen LogP contribution < -0.4 is 21.1 Å². The number of nitrogens with one attached hydrogen (secondary N) is 2. The summed E-state index contributed by atoms with van der Waals surface area (Å²) in [4.78, 5) is 50.1. The van der Waals surface area contributed by atoms with E-state index in [1.165, 1.54) is 23.1 Å². The molecule has 2 aliphatic rings. The number of nitrogens with two attached hydrogens (primary N) is 1. The molecule has 2 aromatic rings. The van der Waals surface area contributed by atoms with Gasteiger partial charge in [0.1, 0.15) is 18.4 Å². The first-order valence-electron chi connectivity index (χ1n) is 10.7. The van der Waals surface area contributed by atoms with E-state index < -0.39 is 24.7 Å². The molecule has 35 heavy (non-hydrogen) atoms. The Hall–Kier alpha value is -4.06. The van der Waals surface area contributed by atoms with Gasteiger partial charge in [0.2, 0.25) is 11.8 Å².